The van der Waals surface area contributed by atoms with Crippen molar-refractivity contribution in [2.24, 2.45) is 17.3 Å². The van der Waals surface area contributed by atoms with Gasteiger partial charge in [-0.1, -0.05) is 0 Å². The van der Waals surface area contributed by atoms with Gasteiger partial charge in [-0.3, -0.25) is 24.3 Å². The lowest BCUT2D eigenvalue weighted by Crippen LogP contribution is -2.57. The van der Waals surface area contributed by atoms with E-state index in [1.54, 1.807) is 6.20 Å². The molecule has 0 aromatic carbocycles. The Labute approximate surface area is 187 Å². The van der Waals surface area contributed by atoms with Crippen molar-refractivity contribution in [2.75, 3.05) is 6.54 Å². The third-order valence-corrected chi connectivity index (χ3v) is 7.92. The maximum atomic E-state index is 12.9. The van der Waals surface area contributed by atoms with E-state index in [9.17, 15) is 14.9 Å². The van der Waals surface area contributed by atoms with Crippen LogP contribution in [-0.2, 0) is 16.9 Å². The number of hydrogen-bond donors (Lipinski definition) is 1. The predicted octanol–water partition coefficient (Wildman–Crippen LogP) is 3.50. The summed E-state index contributed by atoms with van der Waals surface area (Å²) in [6, 6.07) is 2.07. The fraction of sp³-hybridized carbons (Fsp3) is 0.696. The molecule has 4 aliphatic rings. The van der Waals surface area contributed by atoms with Crippen LogP contribution in [0.3, 0.4) is 0 Å². The molecule has 4 saturated carbocycles. The lowest BCUT2D eigenvalue weighted by Gasteiger charge is -2.61. The maximum absolute atomic E-state index is 12.9. The molecule has 172 valence electrons. The van der Waals surface area contributed by atoms with Crippen LogP contribution in [0.25, 0.3) is 0 Å². The number of aromatic nitrogens is 4. The number of rotatable bonds is 8. The molecule has 0 saturated heterocycles. The lowest BCUT2D eigenvalue weighted by molar-refractivity contribution is -0.385. The van der Waals surface area contributed by atoms with Gasteiger partial charge in [0, 0.05) is 25.2 Å². The molecule has 9 heteroatoms. The molecule has 2 aromatic heterocycles. The van der Waals surface area contributed by atoms with Crippen molar-refractivity contribution >= 4 is 11.6 Å². The fourth-order valence-corrected chi connectivity index (χ4v) is 7.30. The first-order valence-corrected chi connectivity index (χ1v) is 11.7. The van der Waals surface area contributed by atoms with Gasteiger partial charge >= 0.3 is 5.69 Å². The minimum absolute atomic E-state index is 0.00935. The molecule has 0 aliphatic heterocycles. The first-order valence-electron chi connectivity index (χ1n) is 11.7. The molecule has 4 fully saturated rings. The first kappa shape index (κ1) is 21.2. The number of nitro groups is 1. The van der Waals surface area contributed by atoms with Gasteiger partial charge in [-0.25, -0.2) is 0 Å². The van der Waals surface area contributed by atoms with E-state index in [1.165, 1.54) is 12.6 Å². The highest BCUT2D eigenvalue weighted by atomic mass is 16.6. The van der Waals surface area contributed by atoms with E-state index in [4.69, 9.17) is 0 Å². The minimum atomic E-state index is -0.376. The minimum Gasteiger partial charge on any atom is -0.356 e. The smallest absolute Gasteiger partial charge is 0.307 e. The summed E-state index contributed by atoms with van der Waals surface area (Å²) in [5.74, 6) is 1.29. The Balaban J connectivity index is 1.22. The Morgan fingerprint density at radius 3 is 2.66 bits per heavy atom. The molecule has 0 radical (unpaired) electrons. The average Bonchev–Trinajstić information content (AvgIpc) is 3.31. The fourth-order valence-electron chi connectivity index (χ4n) is 7.30. The van der Waals surface area contributed by atoms with Gasteiger partial charge < -0.3 is 5.32 Å². The van der Waals surface area contributed by atoms with Crippen LogP contribution in [0.5, 0.6) is 0 Å². The zero-order chi connectivity index (χ0) is 22.5. The first-order chi connectivity index (χ1) is 15.3. The van der Waals surface area contributed by atoms with Crippen LogP contribution in [0.2, 0.25) is 0 Å². The van der Waals surface area contributed by atoms with E-state index in [2.05, 4.69) is 28.5 Å². The van der Waals surface area contributed by atoms with Crippen molar-refractivity contribution in [1.82, 2.24) is 24.9 Å². The number of nitrogens with one attached hydrogen (secondary N) is 1. The molecule has 2 atom stereocenters. The summed E-state index contributed by atoms with van der Waals surface area (Å²) in [6.07, 6.45) is 10.7. The second-order valence-electron chi connectivity index (χ2n) is 10.6. The van der Waals surface area contributed by atoms with Gasteiger partial charge in [0.05, 0.1) is 16.2 Å². The number of nitrogens with zero attached hydrogens (tertiary/aromatic N) is 5. The summed E-state index contributed by atoms with van der Waals surface area (Å²) in [7, 11) is 0. The van der Waals surface area contributed by atoms with Crippen molar-refractivity contribution in [1.29, 1.82) is 0 Å². The highest BCUT2D eigenvalue weighted by molar-refractivity contribution is 5.76. The standard InChI is InChI=1S/C23H32N6O3/c1-16-6-17(2)27(26-16)5-3-4-24-21(30)12-22-8-18-7-19(9-22)11-23(10-18,15-22)28-14-20(13-25-28)29(31)32/h6,13-14,18-19H,3-5,7-12,15H2,1-2H3,(H,24,30). The molecule has 1 amide bonds. The SMILES string of the molecule is Cc1cc(C)n(CCCNC(=O)CC23CC4CC(C2)CC(n2cc([N+](=O)[O-])cn2)(C4)C3)n1. The summed E-state index contributed by atoms with van der Waals surface area (Å²) >= 11 is 0. The van der Waals surface area contributed by atoms with Crippen LogP contribution in [0.1, 0.15) is 62.8 Å². The van der Waals surface area contributed by atoms with Gasteiger partial charge in [-0.2, -0.15) is 10.2 Å². The van der Waals surface area contributed by atoms with Gasteiger partial charge in [0.2, 0.25) is 5.91 Å². The van der Waals surface area contributed by atoms with Gasteiger partial charge in [0.15, 0.2) is 0 Å². The van der Waals surface area contributed by atoms with Crippen LogP contribution in [-0.4, -0.2) is 36.9 Å². The molecule has 0 spiro atoms. The molecule has 4 aliphatic carbocycles. The van der Waals surface area contributed by atoms with Gasteiger partial charge in [-0.15, -0.1) is 0 Å². The summed E-state index contributed by atoms with van der Waals surface area (Å²) in [4.78, 5) is 23.7. The van der Waals surface area contributed by atoms with Gasteiger partial charge in [0.1, 0.15) is 12.4 Å². The monoisotopic (exact) mass is 440 g/mol. The molecular weight excluding hydrogens is 408 g/mol. The highest BCUT2D eigenvalue weighted by Gasteiger charge is 2.59. The average molecular weight is 441 g/mol. The number of hydrogen-bond acceptors (Lipinski definition) is 5. The Morgan fingerprint density at radius 2 is 2.03 bits per heavy atom. The van der Waals surface area contributed by atoms with E-state index in [1.807, 2.05) is 16.3 Å². The molecule has 2 unspecified atom stereocenters. The third kappa shape index (κ3) is 3.82. The van der Waals surface area contributed by atoms with Gasteiger partial charge in [0.25, 0.3) is 0 Å². The summed E-state index contributed by atoms with van der Waals surface area (Å²) in [5.41, 5.74) is 2.03. The Hall–Kier alpha value is -2.71. The summed E-state index contributed by atoms with van der Waals surface area (Å²) in [6.45, 7) is 5.49. The molecular formula is C23H32N6O3. The van der Waals surface area contributed by atoms with Crippen LogP contribution >= 0.6 is 0 Å². The number of carbonyl (C=O) groups excluding carboxylic acids is 1. The molecule has 32 heavy (non-hydrogen) atoms. The normalized spacial score (nSPS) is 30.6. The molecule has 4 bridgehead atoms. The predicted molar refractivity (Wildman–Crippen MR) is 118 cm³/mol. The number of amides is 1. The summed E-state index contributed by atoms with van der Waals surface area (Å²) < 4.78 is 3.86. The van der Waals surface area contributed by atoms with Crippen LogP contribution in [0, 0.1) is 41.2 Å². The van der Waals surface area contributed by atoms with E-state index in [0.717, 1.165) is 56.5 Å². The highest BCUT2D eigenvalue weighted by Crippen LogP contribution is 2.65. The molecule has 1 N–H and O–H groups in total. The molecule has 2 aromatic rings. The van der Waals surface area contributed by atoms with E-state index in [-0.39, 0.29) is 27.5 Å². The summed E-state index contributed by atoms with van der Waals surface area (Å²) in [5, 5.41) is 23.2. The second kappa shape index (κ2) is 7.71. The van der Waals surface area contributed by atoms with Crippen molar-refractivity contribution in [2.45, 2.75) is 77.3 Å². The molecule has 9 nitrogen and oxygen atoms in total. The van der Waals surface area contributed by atoms with Crippen molar-refractivity contribution in [3.8, 4) is 0 Å². The Morgan fingerprint density at radius 1 is 1.28 bits per heavy atom. The lowest BCUT2D eigenvalue weighted by atomic mass is 9.46. The van der Waals surface area contributed by atoms with E-state index < -0.39 is 0 Å². The maximum Gasteiger partial charge on any atom is 0.307 e. The van der Waals surface area contributed by atoms with E-state index >= 15 is 0 Å². The van der Waals surface area contributed by atoms with Crippen molar-refractivity contribution < 1.29 is 9.72 Å². The zero-order valence-corrected chi connectivity index (χ0v) is 18.9. The Kier molecular flexibility index (Phi) is 5.09. The Bertz CT molecular complexity index is 1030. The van der Waals surface area contributed by atoms with Crippen LogP contribution in [0.4, 0.5) is 5.69 Å². The van der Waals surface area contributed by atoms with Gasteiger partial charge in [-0.05, 0) is 82.1 Å². The largest absolute Gasteiger partial charge is 0.356 e. The van der Waals surface area contributed by atoms with Crippen molar-refractivity contribution in [3.05, 3.63) is 40.0 Å². The van der Waals surface area contributed by atoms with Crippen LogP contribution in [0.15, 0.2) is 18.5 Å². The topological polar surface area (TPSA) is 108 Å². The van der Waals surface area contributed by atoms with Crippen LogP contribution < -0.4 is 5.32 Å². The number of carbonyl (C=O) groups is 1. The number of aryl methyl sites for hydroxylation is 3. The zero-order valence-electron chi connectivity index (χ0n) is 18.9. The third-order valence-electron chi connectivity index (χ3n) is 7.92. The molecule has 6 rings (SSSR count). The van der Waals surface area contributed by atoms with E-state index in [0.29, 0.717) is 24.8 Å². The second-order valence-corrected chi connectivity index (χ2v) is 10.6. The van der Waals surface area contributed by atoms with Crippen molar-refractivity contribution in [3.63, 3.8) is 0 Å². The molecule has 2 heterocycles. The quantitative estimate of drug-likeness (QED) is 0.384.